The molecule has 1 rings (SSSR count). The summed E-state index contributed by atoms with van der Waals surface area (Å²) in [6.07, 6.45) is 4.02. The van der Waals surface area contributed by atoms with E-state index in [0.717, 1.165) is 18.5 Å². The number of hydrogen-bond acceptors (Lipinski definition) is 1. The van der Waals surface area contributed by atoms with Gasteiger partial charge < -0.3 is 0 Å². The van der Waals surface area contributed by atoms with Crippen LogP contribution in [0.3, 0.4) is 0 Å². The second-order valence-electron chi connectivity index (χ2n) is 3.17. The van der Waals surface area contributed by atoms with Crippen molar-refractivity contribution >= 4 is 11.6 Å². The van der Waals surface area contributed by atoms with E-state index < -0.39 is 0 Å². The van der Waals surface area contributed by atoms with E-state index in [2.05, 4.69) is 25.0 Å². The predicted octanol–water partition coefficient (Wildman–Crippen LogP) is 2.64. The molecule has 0 bridgehead atoms. The lowest BCUT2D eigenvalue weighted by molar-refractivity contribution is 0.526. The first-order valence-electron chi connectivity index (χ1n) is 4.34. The molecule has 3 heteroatoms. The van der Waals surface area contributed by atoms with Crippen molar-refractivity contribution in [1.29, 1.82) is 0 Å². The lowest BCUT2D eigenvalue weighted by Gasteiger charge is -2.03. The molecule has 1 aromatic rings. The molecule has 0 N–H and O–H groups in total. The van der Waals surface area contributed by atoms with E-state index in [4.69, 9.17) is 11.6 Å². The van der Waals surface area contributed by atoms with Gasteiger partial charge in [0.25, 0.3) is 0 Å². The number of aryl methyl sites for hydroxylation is 1. The standard InChI is InChI=1S/C9H15ClN2/c1-8(2)12-7-5-9(11-12)4-3-6-10/h5,7-8H,3-4,6H2,1-2H3. The van der Waals surface area contributed by atoms with Crippen molar-refractivity contribution in [2.24, 2.45) is 0 Å². The molecule has 12 heavy (non-hydrogen) atoms. The van der Waals surface area contributed by atoms with Crippen LogP contribution in [0, 0.1) is 0 Å². The number of hydrogen-bond donors (Lipinski definition) is 0. The van der Waals surface area contributed by atoms with Crippen LogP contribution in [0.15, 0.2) is 12.3 Å². The Morgan fingerprint density at radius 1 is 1.58 bits per heavy atom. The summed E-state index contributed by atoms with van der Waals surface area (Å²) in [6.45, 7) is 4.25. The fraction of sp³-hybridized carbons (Fsp3) is 0.667. The first-order chi connectivity index (χ1) is 5.74. The highest BCUT2D eigenvalue weighted by Gasteiger charge is 2.00. The molecule has 1 heterocycles. The van der Waals surface area contributed by atoms with Gasteiger partial charge in [0.05, 0.1) is 5.69 Å². The van der Waals surface area contributed by atoms with Crippen molar-refractivity contribution < 1.29 is 0 Å². The summed E-state index contributed by atoms with van der Waals surface area (Å²) < 4.78 is 1.98. The van der Waals surface area contributed by atoms with Crippen molar-refractivity contribution in [3.8, 4) is 0 Å². The maximum atomic E-state index is 5.59. The molecule has 0 amide bonds. The molecule has 0 unspecified atom stereocenters. The van der Waals surface area contributed by atoms with Crippen LogP contribution in [0.2, 0.25) is 0 Å². The summed E-state index contributed by atoms with van der Waals surface area (Å²) >= 11 is 5.59. The summed E-state index contributed by atoms with van der Waals surface area (Å²) in [6, 6.07) is 2.52. The van der Waals surface area contributed by atoms with E-state index in [1.54, 1.807) is 0 Å². The van der Waals surface area contributed by atoms with Crippen LogP contribution in [0.25, 0.3) is 0 Å². The zero-order chi connectivity index (χ0) is 8.97. The minimum atomic E-state index is 0.453. The molecule has 2 nitrogen and oxygen atoms in total. The minimum absolute atomic E-state index is 0.453. The first-order valence-corrected chi connectivity index (χ1v) is 4.87. The van der Waals surface area contributed by atoms with Gasteiger partial charge in [0, 0.05) is 18.1 Å². The molecule has 0 radical (unpaired) electrons. The van der Waals surface area contributed by atoms with E-state index in [0.29, 0.717) is 11.9 Å². The van der Waals surface area contributed by atoms with Gasteiger partial charge in [-0.2, -0.15) is 5.10 Å². The maximum Gasteiger partial charge on any atom is 0.0625 e. The quantitative estimate of drug-likeness (QED) is 0.662. The number of rotatable bonds is 4. The lowest BCUT2D eigenvalue weighted by atomic mass is 10.3. The Kier molecular flexibility index (Phi) is 3.60. The lowest BCUT2D eigenvalue weighted by Crippen LogP contribution is -2.01. The highest BCUT2D eigenvalue weighted by atomic mass is 35.5. The SMILES string of the molecule is CC(C)n1ccc(CCCCl)n1. The van der Waals surface area contributed by atoms with Gasteiger partial charge in [-0.3, -0.25) is 4.68 Å². The Morgan fingerprint density at radius 3 is 2.83 bits per heavy atom. The average Bonchev–Trinajstić information content (AvgIpc) is 2.48. The molecule has 68 valence electrons. The smallest absolute Gasteiger partial charge is 0.0625 e. The van der Waals surface area contributed by atoms with Crippen LogP contribution in [-0.4, -0.2) is 15.7 Å². The molecule has 0 aromatic carbocycles. The molecule has 0 aliphatic rings. The molecule has 1 aromatic heterocycles. The van der Waals surface area contributed by atoms with Gasteiger partial charge in [-0.1, -0.05) is 0 Å². The third kappa shape index (κ3) is 2.52. The Hall–Kier alpha value is -0.500. The number of aromatic nitrogens is 2. The Labute approximate surface area is 78.5 Å². The third-order valence-electron chi connectivity index (χ3n) is 1.76. The highest BCUT2D eigenvalue weighted by Crippen LogP contribution is 2.06. The summed E-state index contributed by atoms with van der Waals surface area (Å²) in [5.41, 5.74) is 1.14. The molecule has 0 spiro atoms. The molecule has 0 fully saturated rings. The fourth-order valence-corrected chi connectivity index (χ4v) is 1.18. The molecular weight excluding hydrogens is 172 g/mol. The van der Waals surface area contributed by atoms with Crippen LogP contribution < -0.4 is 0 Å². The van der Waals surface area contributed by atoms with Crippen molar-refractivity contribution in [2.75, 3.05) is 5.88 Å². The van der Waals surface area contributed by atoms with Crippen LogP contribution in [0.5, 0.6) is 0 Å². The Bertz CT molecular complexity index is 230. The van der Waals surface area contributed by atoms with Gasteiger partial charge in [0.15, 0.2) is 0 Å². The van der Waals surface area contributed by atoms with Gasteiger partial charge in [0.1, 0.15) is 0 Å². The predicted molar refractivity (Wildman–Crippen MR) is 51.7 cm³/mol. The van der Waals surface area contributed by atoms with E-state index in [9.17, 15) is 0 Å². The Balaban J connectivity index is 2.52. The van der Waals surface area contributed by atoms with Crippen LogP contribution in [-0.2, 0) is 6.42 Å². The van der Waals surface area contributed by atoms with Gasteiger partial charge in [-0.15, -0.1) is 11.6 Å². The van der Waals surface area contributed by atoms with E-state index >= 15 is 0 Å². The Morgan fingerprint density at radius 2 is 2.33 bits per heavy atom. The minimum Gasteiger partial charge on any atom is -0.270 e. The molecular formula is C9H15ClN2. The summed E-state index contributed by atoms with van der Waals surface area (Å²) in [7, 11) is 0. The van der Waals surface area contributed by atoms with E-state index in [1.807, 2.05) is 10.9 Å². The zero-order valence-corrected chi connectivity index (χ0v) is 8.38. The summed E-state index contributed by atoms with van der Waals surface area (Å²) in [4.78, 5) is 0. The van der Waals surface area contributed by atoms with E-state index in [-0.39, 0.29) is 0 Å². The highest BCUT2D eigenvalue weighted by molar-refractivity contribution is 6.17. The fourth-order valence-electron chi connectivity index (χ4n) is 1.05. The molecule has 0 saturated heterocycles. The van der Waals surface area contributed by atoms with E-state index in [1.165, 1.54) is 0 Å². The third-order valence-corrected chi connectivity index (χ3v) is 2.03. The first kappa shape index (κ1) is 9.59. The summed E-state index contributed by atoms with van der Waals surface area (Å²) in [5, 5.41) is 4.41. The van der Waals surface area contributed by atoms with Crippen molar-refractivity contribution in [1.82, 2.24) is 9.78 Å². The number of halogens is 1. The van der Waals surface area contributed by atoms with Gasteiger partial charge in [-0.25, -0.2) is 0 Å². The second kappa shape index (κ2) is 4.51. The summed E-state index contributed by atoms with van der Waals surface area (Å²) in [5.74, 6) is 0.717. The van der Waals surface area contributed by atoms with Crippen LogP contribution >= 0.6 is 11.6 Å². The van der Waals surface area contributed by atoms with Gasteiger partial charge >= 0.3 is 0 Å². The average molecular weight is 187 g/mol. The van der Waals surface area contributed by atoms with Crippen LogP contribution in [0.4, 0.5) is 0 Å². The molecule has 0 atom stereocenters. The topological polar surface area (TPSA) is 17.8 Å². The van der Waals surface area contributed by atoms with Crippen molar-refractivity contribution in [3.63, 3.8) is 0 Å². The monoisotopic (exact) mass is 186 g/mol. The van der Waals surface area contributed by atoms with Crippen molar-refractivity contribution in [3.05, 3.63) is 18.0 Å². The number of nitrogens with zero attached hydrogens (tertiary/aromatic N) is 2. The zero-order valence-electron chi connectivity index (χ0n) is 7.63. The normalized spacial score (nSPS) is 11.0. The molecule has 0 aliphatic heterocycles. The van der Waals surface area contributed by atoms with Gasteiger partial charge in [-0.05, 0) is 32.8 Å². The van der Waals surface area contributed by atoms with Crippen LogP contribution in [0.1, 0.15) is 32.0 Å². The largest absolute Gasteiger partial charge is 0.270 e. The molecule has 0 aliphatic carbocycles. The van der Waals surface area contributed by atoms with Crippen molar-refractivity contribution in [2.45, 2.75) is 32.7 Å². The molecule has 0 saturated carbocycles. The number of alkyl halides is 1. The second-order valence-corrected chi connectivity index (χ2v) is 3.55. The van der Waals surface area contributed by atoms with Gasteiger partial charge in [0.2, 0.25) is 0 Å². The maximum absolute atomic E-state index is 5.59.